The monoisotopic (exact) mass is 287 g/mol. The number of methoxy groups -OCH3 is 1. The Kier molecular flexibility index (Phi) is 5.91. The van der Waals surface area contributed by atoms with Crippen LogP contribution in [-0.4, -0.2) is 26.9 Å². The van der Waals surface area contributed by atoms with Crippen molar-refractivity contribution in [2.75, 3.05) is 32.7 Å². The molecule has 0 bridgehead atoms. The Balaban J connectivity index is 1.69. The van der Waals surface area contributed by atoms with Crippen LogP contribution in [0.1, 0.15) is 5.56 Å². The molecule has 0 spiro atoms. The summed E-state index contributed by atoms with van der Waals surface area (Å²) in [6, 6.07) is 15.4. The number of ether oxygens (including phenoxy) is 3. The van der Waals surface area contributed by atoms with Crippen LogP contribution in [0.3, 0.4) is 0 Å². The first-order valence-corrected chi connectivity index (χ1v) is 6.97. The van der Waals surface area contributed by atoms with Crippen LogP contribution in [0.5, 0.6) is 11.5 Å². The molecule has 4 nitrogen and oxygen atoms in total. The summed E-state index contributed by atoms with van der Waals surface area (Å²) in [5.41, 5.74) is 7.58. The van der Waals surface area contributed by atoms with Crippen LogP contribution < -0.4 is 15.2 Å². The van der Waals surface area contributed by atoms with Crippen LogP contribution in [0, 0.1) is 0 Å². The minimum atomic E-state index is 0.495. The van der Waals surface area contributed by atoms with E-state index in [1.807, 2.05) is 36.4 Å². The summed E-state index contributed by atoms with van der Waals surface area (Å²) < 4.78 is 16.2. The fourth-order valence-corrected chi connectivity index (χ4v) is 1.86. The molecule has 112 valence electrons. The average Bonchev–Trinajstić information content (AvgIpc) is 2.52. The smallest absolute Gasteiger partial charge is 0.122 e. The van der Waals surface area contributed by atoms with Crippen molar-refractivity contribution in [3.8, 4) is 11.5 Å². The number of rotatable bonds is 8. The van der Waals surface area contributed by atoms with Gasteiger partial charge in [0.25, 0.3) is 0 Å². The highest BCUT2D eigenvalue weighted by Gasteiger charge is 1.97. The Morgan fingerprint density at radius 1 is 0.762 bits per heavy atom. The van der Waals surface area contributed by atoms with Crippen molar-refractivity contribution in [2.45, 2.75) is 6.42 Å². The van der Waals surface area contributed by atoms with Crippen LogP contribution >= 0.6 is 0 Å². The van der Waals surface area contributed by atoms with Crippen LogP contribution in [0.15, 0.2) is 48.5 Å². The topological polar surface area (TPSA) is 53.7 Å². The van der Waals surface area contributed by atoms with E-state index in [4.69, 9.17) is 19.9 Å². The molecule has 2 aromatic carbocycles. The molecule has 0 unspecified atom stereocenters. The third-order valence-electron chi connectivity index (χ3n) is 3.02. The van der Waals surface area contributed by atoms with Gasteiger partial charge in [-0.05, 0) is 48.4 Å². The normalized spacial score (nSPS) is 10.3. The van der Waals surface area contributed by atoms with Gasteiger partial charge in [0.1, 0.15) is 24.7 Å². The lowest BCUT2D eigenvalue weighted by atomic mass is 10.1. The second-order valence-electron chi connectivity index (χ2n) is 4.65. The van der Waals surface area contributed by atoms with Gasteiger partial charge < -0.3 is 19.9 Å². The predicted octanol–water partition coefficient (Wildman–Crippen LogP) is 2.92. The molecule has 0 atom stereocenters. The molecule has 0 amide bonds. The fraction of sp³-hybridized carbons (Fsp3) is 0.294. The molecular formula is C17H21NO3. The van der Waals surface area contributed by atoms with Gasteiger partial charge in [0, 0.05) is 12.8 Å². The third-order valence-corrected chi connectivity index (χ3v) is 3.02. The van der Waals surface area contributed by atoms with E-state index in [1.165, 1.54) is 5.56 Å². The van der Waals surface area contributed by atoms with Crippen molar-refractivity contribution in [3.63, 3.8) is 0 Å². The maximum Gasteiger partial charge on any atom is 0.122 e. The molecule has 0 fully saturated rings. The zero-order valence-corrected chi connectivity index (χ0v) is 12.2. The lowest BCUT2D eigenvalue weighted by molar-refractivity contribution is 0.202. The quantitative estimate of drug-likeness (QED) is 0.599. The van der Waals surface area contributed by atoms with Crippen molar-refractivity contribution in [1.29, 1.82) is 0 Å². The second kappa shape index (κ2) is 8.17. The lowest BCUT2D eigenvalue weighted by Crippen LogP contribution is -2.09. The van der Waals surface area contributed by atoms with Crippen LogP contribution in [0.25, 0.3) is 0 Å². The van der Waals surface area contributed by atoms with E-state index in [0.29, 0.717) is 13.2 Å². The molecule has 2 rings (SSSR count). The van der Waals surface area contributed by atoms with Crippen LogP contribution in [0.2, 0.25) is 0 Å². The van der Waals surface area contributed by atoms with E-state index in [0.717, 1.165) is 30.2 Å². The van der Waals surface area contributed by atoms with Gasteiger partial charge in [-0.1, -0.05) is 12.1 Å². The molecule has 0 saturated carbocycles. The summed E-state index contributed by atoms with van der Waals surface area (Å²) in [5, 5.41) is 0. The van der Waals surface area contributed by atoms with E-state index in [-0.39, 0.29) is 0 Å². The molecular weight excluding hydrogens is 266 g/mol. The molecule has 2 N–H and O–H groups in total. The first-order chi connectivity index (χ1) is 10.3. The molecule has 0 saturated heterocycles. The Morgan fingerprint density at radius 3 is 1.81 bits per heavy atom. The Bertz CT molecular complexity index is 523. The first-order valence-electron chi connectivity index (χ1n) is 6.97. The largest absolute Gasteiger partial charge is 0.490 e. The van der Waals surface area contributed by atoms with Gasteiger partial charge in [0.2, 0.25) is 0 Å². The summed E-state index contributed by atoms with van der Waals surface area (Å²) in [6.07, 6.45) is 0.914. The maximum atomic E-state index is 5.63. The molecule has 4 heteroatoms. The Hall–Kier alpha value is -2.20. The van der Waals surface area contributed by atoms with E-state index in [1.54, 1.807) is 7.11 Å². The second-order valence-corrected chi connectivity index (χ2v) is 4.65. The molecule has 0 aliphatic carbocycles. The van der Waals surface area contributed by atoms with Gasteiger partial charge in [-0.3, -0.25) is 0 Å². The summed E-state index contributed by atoms with van der Waals surface area (Å²) in [5.74, 6) is 1.64. The molecule has 21 heavy (non-hydrogen) atoms. The number of benzene rings is 2. The van der Waals surface area contributed by atoms with E-state index >= 15 is 0 Å². The molecule has 0 radical (unpaired) electrons. The average molecular weight is 287 g/mol. The van der Waals surface area contributed by atoms with Crippen molar-refractivity contribution >= 4 is 5.69 Å². The number of nitrogens with two attached hydrogens (primary N) is 1. The highest BCUT2D eigenvalue weighted by Crippen LogP contribution is 2.14. The van der Waals surface area contributed by atoms with Crippen molar-refractivity contribution in [1.82, 2.24) is 0 Å². The maximum absolute atomic E-state index is 5.63. The SMILES string of the molecule is COCCc1ccc(OCCOc2ccc(N)cc2)cc1. The zero-order chi connectivity index (χ0) is 14.9. The van der Waals surface area contributed by atoms with Crippen LogP contribution in [0.4, 0.5) is 5.69 Å². The summed E-state index contributed by atoms with van der Waals surface area (Å²) in [4.78, 5) is 0. The van der Waals surface area contributed by atoms with Gasteiger partial charge in [0.15, 0.2) is 0 Å². The van der Waals surface area contributed by atoms with E-state index in [2.05, 4.69) is 12.1 Å². The van der Waals surface area contributed by atoms with Crippen LogP contribution in [-0.2, 0) is 11.2 Å². The fourth-order valence-electron chi connectivity index (χ4n) is 1.86. The molecule has 2 aromatic rings. The molecule has 0 heterocycles. The number of hydrogen-bond acceptors (Lipinski definition) is 4. The van der Waals surface area contributed by atoms with Gasteiger partial charge in [0.05, 0.1) is 6.61 Å². The van der Waals surface area contributed by atoms with Gasteiger partial charge >= 0.3 is 0 Å². The molecule has 0 aromatic heterocycles. The number of hydrogen-bond donors (Lipinski definition) is 1. The number of nitrogen functional groups attached to an aromatic ring is 1. The van der Waals surface area contributed by atoms with Crippen molar-refractivity contribution in [2.24, 2.45) is 0 Å². The van der Waals surface area contributed by atoms with Gasteiger partial charge in [-0.25, -0.2) is 0 Å². The predicted molar refractivity (Wildman–Crippen MR) is 83.9 cm³/mol. The minimum absolute atomic E-state index is 0.495. The van der Waals surface area contributed by atoms with Gasteiger partial charge in [-0.15, -0.1) is 0 Å². The summed E-state index contributed by atoms with van der Waals surface area (Å²) in [6.45, 7) is 1.73. The minimum Gasteiger partial charge on any atom is -0.490 e. The summed E-state index contributed by atoms with van der Waals surface area (Å²) in [7, 11) is 1.71. The molecule has 0 aliphatic rings. The highest BCUT2D eigenvalue weighted by molar-refractivity contribution is 5.41. The number of anilines is 1. The molecule has 0 aliphatic heterocycles. The van der Waals surface area contributed by atoms with Gasteiger partial charge in [-0.2, -0.15) is 0 Å². The Labute approximate surface area is 125 Å². The van der Waals surface area contributed by atoms with E-state index < -0.39 is 0 Å². The van der Waals surface area contributed by atoms with Crippen molar-refractivity contribution in [3.05, 3.63) is 54.1 Å². The third kappa shape index (κ3) is 5.36. The summed E-state index contributed by atoms with van der Waals surface area (Å²) >= 11 is 0. The standard InChI is InChI=1S/C17H21NO3/c1-19-11-10-14-2-6-16(7-3-14)20-12-13-21-17-8-4-15(18)5-9-17/h2-9H,10-13,18H2,1H3. The van der Waals surface area contributed by atoms with Crippen molar-refractivity contribution < 1.29 is 14.2 Å². The van der Waals surface area contributed by atoms with E-state index in [9.17, 15) is 0 Å². The Morgan fingerprint density at radius 2 is 1.29 bits per heavy atom. The highest BCUT2D eigenvalue weighted by atomic mass is 16.5. The first kappa shape index (κ1) is 15.2. The lowest BCUT2D eigenvalue weighted by Gasteiger charge is -2.09. The zero-order valence-electron chi connectivity index (χ0n) is 12.2.